The van der Waals surface area contributed by atoms with Crippen LogP contribution >= 0.6 is 0 Å². The van der Waals surface area contributed by atoms with E-state index >= 15 is 0 Å². The third-order valence-corrected chi connectivity index (χ3v) is 2.96. The van der Waals surface area contributed by atoms with Crippen molar-refractivity contribution in [3.8, 4) is 0 Å². The summed E-state index contributed by atoms with van der Waals surface area (Å²) in [6.07, 6.45) is 0.571. The van der Waals surface area contributed by atoms with Crippen molar-refractivity contribution in [3.05, 3.63) is 12.3 Å². The first-order valence-electron chi connectivity index (χ1n) is 4.19. The van der Waals surface area contributed by atoms with Gasteiger partial charge in [0.1, 0.15) is 11.2 Å². The first-order chi connectivity index (χ1) is 7.24. The summed E-state index contributed by atoms with van der Waals surface area (Å²) < 4.78 is 54.9. The molecule has 0 heterocycles. The van der Waals surface area contributed by atoms with Gasteiger partial charge in [-0.15, -0.1) is 0 Å². The number of alkyl halides is 3. The van der Waals surface area contributed by atoms with Gasteiger partial charge in [-0.05, 0) is 12.8 Å². The van der Waals surface area contributed by atoms with Gasteiger partial charge in [0.15, 0.2) is 0 Å². The van der Waals surface area contributed by atoms with Gasteiger partial charge in [0.2, 0.25) is 0 Å². The Hall–Kier alpha value is -1.05. The Kier molecular flexibility index (Phi) is 3.32. The summed E-state index contributed by atoms with van der Waals surface area (Å²) >= 11 is -3.50. The molecule has 0 aromatic carbocycles. The fraction of sp³-hybridized carbons (Fsp3) is 0.625. The maximum absolute atomic E-state index is 11.9. The fourth-order valence-corrected chi connectivity index (χ4v) is 1.57. The highest BCUT2D eigenvalue weighted by molar-refractivity contribution is 7.81. The third kappa shape index (κ3) is 2.37. The summed E-state index contributed by atoms with van der Waals surface area (Å²) in [4.78, 5) is 11.2. The highest BCUT2D eigenvalue weighted by Gasteiger charge is 2.57. The second-order valence-corrected chi connectivity index (χ2v) is 4.36. The maximum Gasteiger partial charge on any atom is 0.508 e. The zero-order chi connectivity index (χ0) is 12.6. The molecule has 1 fully saturated rings. The number of carbonyl (C=O) groups excluding carboxylic acids is 1. The Labute approximate surface area is 92.1 Å². The Balaban J connectivity index is 2.67. The predicted octanol–water partition coefficient (Wildman–Crippen LogP) is 1.65. The number of carbonyl (C=O) groups is 1. The topological polar surface area (TPSA) is 52.6 Å². The van der Waals surface area contributed by atoms with Crippen LogP contribution in [-0.4, -0.2) is 22.8 Å². The molecule has 1 rings (SSSR count). The standard InChI is InChI=1S/C8H9F3O4S/c1-5(15-16(13)8(9,10)11)7(3-4-7)6(12)14-2/h1,3-4H2,2H3. The molecule has 1 aliphatic rings. The molecule has 0 aromatic rings. The average Bonchev–Trinajstić information content (AvgIpc) is 2.95. The first-order valence-corrected chi connectivity index (χ1v) is 5.26. The molecular weight excluding hydrogens is 249 g/mol. The number of halogens is 3. The molecule has 0 N–H and O–H groups in total. The fourth-order valence-electron chi connectivity index (χ4n) is 1.14. The highest BCUT2D eigenvalue weighted by atomic mass is 32.2. The minimum absolute atomic E-state index is 0.285. The second kappa shape index (κ2) is 4.08. The van der Waals surface area contributed by atoms with Crippen molar-refractivity contribution in [2.45, 2.75) is 18.3 Å². The van der Waals surface area contributed by atoms with Crippen molar-refractivity contribution in [1.82, 2.24) is 0 Å². The van der Waals surface area contributed by atoms with Gasteiger partial charge >= 0.3 is 22.6 Å². The Morgan fingerprint density at radius 1 is 1.44 bits per heavy atom. The molecule has 0 aromatic heterocycles. The van der Waals surface area contributed by atoms with Crippen molar-refractivity contribution < 1.29 is 31.1 Å². The summed E-state index contributed by atoms with van der Waals surface area (Å²) in [5.74, 6) is -1.19. The van der Waals surface area contributed by atoms with E-state index in [1.54, 1.807) is 0 Å². The lowest BCUT2D eigenvalue weighted by Crippen LogP contribution is -2.25. The van der Waals surface area contributed by atoms with Gasteiger partial charge in [-0.2, -0.15) is 13.2 Å². The van der Waals surface area contributed by atoms with Crippen molar-refractivity contribution in [1.29, 1.82) is 0 Å². The molecule has 1 unspecified atom stereocenters. The summed E-state index contributed by atoms with van der Waals surface area (Å²) in [5, 5.41) is 0. The number of esters is 1. The molecule has 0 radical (unpaired) electrons. The molecule has 1 saturated carbocycles. The molecule has 0 spiro atoms. The Morgan fingerprint density at radius 2 is 1.94 bits per heavy atom. The zero-order valence-corrected chi connectivity index (χ0v) is 9.11. The molecular formula is C8H9F3O4S. The Morgan fingerprint density at radius 3 is 2.25 bits per heavy atom. The molecule has 0 amide bonds. The lowest BCUT2D eigenvalue weighted by Gasteiger charge is -2.16. The highest BCUT2D eigenvalue weighted by Crippen LogP contribution is 2.53. The molecule has 16 heavy (non-hydrogen) atoms. The Bertz CT molecular complexity index is 346. The number of rotatable bonds is 4. The van der Waals surface area contributed by atoms with Crippen LogP contribution in [-0.2, 0) is 24.8 Å². The van der Waals surface area contributed by atoms with Gasteiger partial charge in [0, 0.05) is 0 Å². The molecule has 1 atom stereocenters. The van der Waals surface area contributed by atoms with Crippen LogP contribution in [0.3, 0.4) is 0 Å². The van der Waals surface area contributed by atoms with Crippen LogP contribution < -0.4 is 0 Å². The zero-order valence-electron chi connectivity index (χ0n) is 8.30. The van der Waals surface area contributed by atoms with E-state index in [2.05, 4.69) is 15.5 Å². The largest absolute Gasteiger partial charge is 0.508 e. The number of hydrogen-bond donors (Lipinski definition) is 0. The van der Waals surface area contributed by atoms with Crippen molar-refractivity contribution in [2.24, 2.45) is 5.41 Å². The van der Waals surface area contributed by atoms with E-state index < -0.39 is 33.7 Å². The van der Waals surface area contributed by atoms with Gasteiger partial charge in [0.05, 0.1) is 7.11 Å². The summed E-state index contributed by atoms with van der Waals surface area (Å²) in [5.41, 5.74) is -6.25. The molecule has 0 saturated heterocycles. The first kappa shape index (κ1) is 13.0. The van der Waals surface area contributed by atoms with Crippen LogP contribution in [0.25, 0.3) is 0 Å². The van der Waals surface area contributed by atoms with Crippen LogP contribution in [0.15, 0.2) is 12.3 Å². The predicted molar refractivity (Wildman–Crippen MR) is 48.1 cm³/mol. The van der Waals surface area contributed by atoms with Gasteiger partial charge in [-0.25, -0.2) is 4.21 Å². The molecule has 0 aliphatic heterocycles. The van der Waals surface area contributed by atoms with Crippen molar-refractivity contribution >= 4 is 17.0 Å². The lowest BCUT2D eigenvalue weighted by atomic mass is 10.1. The van der Waals surface area contributed by atoms with Crippen molar-refractivity contribution in [3.63, 3.8) is 0 Å². The number of ether oxygens (including phenoxy) is 1. The van der Waals surface area contributed by atoms with E-state index in [0.29, 0.717) is 0 Å². The number of hydrogen-bond acceptors (Lipinski definition) is 4. The van der Waals surface area contributed by atoms with Crippen molar-refractivity contribution in [2.75, 3.05) is 7.11 Å². The summed E-state index contributed by atoms with van der Waals surface area (Å²) in [6, 6.07) is 0. The smallest absolute Gasteiger partial charge is 0.468 e. The average molecular weight is 258 g/mol. The van der Waals surface area contributed by atoms with Gasteiger partial charge < -0.3 is 8.92 Å². The summed E-state index contributed by atoms with van der Waals surface area (Å²) in [7, 11) is 1.11. The SMILES string of the molecule is C=C(OS(=O)C(F)(F)F)C1(C(=O)OC)CC1. The molecule has 1 aliphatic carbocycles. The van der Waals surface area contributed by atoms with Gasteiger partial charge in [-0.3, -0.25) is 4.79 Å². The molecule has 92 valence electrons. The van der Waals surface area contributed by atoms with Crippen LogP contribution in [0, 0.1) is 5.41 Å². The normalized spacial score (nSPS) is 19.8. The van der Waals surface area contributed by atoms with E-state index in [0.717, 1.165) is 7.11 Å². The van der Waals surface area contributed by atoms with Crippen LogP contribution in [0.2, 0.25) is 0 Å². The van der Waals surface area contributed by atoms with E-state index in [1.165, 1.54) is 0 Å². The van der Waals surface area contributed by atoms with E-state index in [9.17, 15) is 22.2 Å². The van der Waals surface area contributed by atoms with Crippen LogP contribution in [0.5, 0.6) is 0 Å². The minimum Gasteiger partial charge on any atom is -0.468 e. The van der Waals surface area contributed by atoms with Gasteiger partial charge in [-0.1, -0.05) is 6.58 Å². The lowest BCUT2D eigenvalue weighted by molar-refractivity contribution is -0.146. The van der Waals surface area contributed by atoms with E-state index in [4.69, 9.17) is 0 Å². The quantitative estimate of drug-likeness (QED) is 0.568. The molecule has 4 nitrogen and oxygen atoms in total. The molecule has 8 heteroatoms. The van der Waals surface area contributed by atoms with Crippen LogP contribution in [0.1, 0.15) is 12.8 Å². The monoisotopic (exact) mass is 258 g/mol. The molecule has 0 bridgehead atoms. The van der Waals surface area contributed by atoms with E-state index in [-0.39, 0.29) is 12.8 Å². The van der Waals surface area contributed by atoms with E-state index in [1.807, 2.05) is 0 Å². The van der Waals surface area contributed by atoms with Gasteiger partial charge in [0.25, 0.3) is 0 Å². The number of methoxy groups -OCH3 is 1. The summed E-state index contributed by atoms with van der Waals surface area (Å²) in [6.45, 7) is 3.20. The van der Waals surface area contributed by atoms with Crippen LogP contribution in [0.4, 0.5) is 13.2 Å². The third-order valence-electron chi connectivity index (χ3n) is 2.23. The second-order valence-electron chi connectivity index (χ2n) is 3.26. The maximum atomic E-state index is 11.9. The minimum atomic E-state index is -4.99.